The van der Waals surface area contributed by atoms with E-state index in [9.17, 15) is 23.9 Å². The minimum atomic E-state index is -1.36. The molecule has 0 radical (unpaired) electrons. The molecule has 3 atom stereocenters. The number of nitrogens with one attached hydrogen (secondary N) is 1. The summed E-state index contributed by atoms with van der Waals surface area (Å²) in [5.41, 5.74) is -0.259. The van der Waals surface area contributed by atoms with Crippen molar-refractivity contribution in [3.05, 3.63) is 46.7 Å². The normalized spacial score (nSPS) is 26.7. The fourth-order valence-electron chi connectivity index (χ4n) is 3.49. The summed E-state index contributed by atoms with van der Waals surface area (Å²) in [4.78, 5) is 12.1. The number of aliphatic carboxylic acids is 1. The summed E-state index contributed by atoms with van der Waals surface area (Å²) in [7, 11) is 0. The Bertz CT molecular complexity index is 739. The molecular formula is C18H20F2N2O2. The zero-order chi connectivity index (χ0) is 18.1. The van der Waals surface area contributed by atoms with Gasteiger partial charge in [-0.05, 0) is 38.0 Å². The van der Waals surface area contributed by atoms with Crippen molar-refractivity contribution in [2.75, 3.05) is 0 Å². The Morgan fingerprint density at radius 1 is 1.42 bits per heavy atom. The zero-order valence-corrected chi connectivity index (χ0v) is 13.9. The van der Waals surface area contributed by atoms with Crippen LogP contribution in [0, 0.1) is 28.4 Å². The Labute approximate surface area is 139 Å². The molecule has 0 fully saturated rings. The molecule has 1 aliphatic heterocycles. The van der Waals surface area contributed by atoms with Gasteiger partial charge in [-0.2, -0.15) is 5.26 Å². The first-order chi connectivity index (χ1) is 11.3. The smallest absolute Gasteiger partial charge is 0.312 e. The lowest BCUT2D eigenvalue weighted by atomic mass is 9.62. The van der Waals surface area contributed by atoms with E-state index in [1.165, 1.54) is 6.07 Å². The zero-order valence-electron chi connectivity index (χ0n) is 13.9. The Kier molecular flexibility index (Phi) is 4.93. The van der Waals surface area contributed by atoms with Crippen LogP contribution in [0.1, 0.15) is 45.1 Å². The van der Waals surface area contributed by atoms with Crippen molar-refractivity contribution in [1.29, 1.82) is 5.26 Å². The largest absolute Gasteiger partial charge is 0.481 e. The number of carboxylic acids is 1. The highest BCUT2D eigenvalue weighted by Gasteiger charge is 2.53. The maximum atomic E-state index is 13.7. The van der Waals surface area contributed by atoms with Crippen LogP contribution in [0.25, 0.3) is 0 Å². The van der Waals surface area contributed by atoms with Gasteiger partial charge >= 0.3 is 5.97 Å². The van der Waals surface area contributed by atoms with Crippen LogP contribution in [0.3, 0.4) is 0 Å². The number of carbonyl (C=O) groups is 1. The van der Waals surface area contributed by atoms with Gasteiger partial charge in [-0.3, -0.25) is 4.79 Å². The van der Waals surface area contributed by atoms with Crippen LogP contribution in [0.2, 0.25) is 0 Å². The number of halogens is 2. The SMILES string of the molecule is CCCC1NC(C)=C(C#N)C(c2ccc(F)c(F)c2)C1(C)C(=O)O. The van der Waals surface area contributed by atoms with Crippen LogP contribution in [0.5, 0.6) is 0 Å². The van der Waals surface area contributed by atoms with Crippen molar-refractivity contribution in [2.24, 2.45) is 5.41 Å². The average molecular weight is 334 g/mol. The van der Waals surface area contributed by atoms with Crippen LogP contribution in [0.15, 0.2) is 29.5 Å². The van der Waals surface area contributed by atoms with E-state index in [0.717, 1.165) is 18.6 Å². The predicted octanol–water partition coefficient (Wildman–Crippen LogP) is 3.71. The molecule has 1 aromatic rings. The van der Waals surface area contributed by atoms with Crippen LogP contribution in [-0.4, -0.2) is 17.1 Å². The second-order valence-corrected chi connectivity index (χ2v) is 6.33. The second-order valence-electron chi connectivity index (χ2n) is 6.33. The van der Waals surface area contributed by atoms with Crippen LogP contribution in [0.4, 0.5) is 8.78 Å². The number of nitriles is 1. The highest BCUT2D eigenvalue weighted by molar-refractivity contribution is 5.79. The third-order valence-corrected chi connectivity index (χ3v) is 4.84. The lowest BCUT2D eigenvalue weighted by Crippen LogP contribution is -2.55. The highest BCUT2D eigenvalue weighted by atomic mass is 19.2. The molecular weight excluding hydrogens is 314 g/mol. The van der Waals surface area contributed by atoms with Crippen LogP contribution in [-0.2, 0) is 4.79 Å². The number of hydrogen-bond donors (Lipinski definition) is 2. The van der Waals surface area contributed by atoms with Gasteiger partial charge in [0.1, 0.15) is 0 Å². The monoisotopic (exact) mass is 334 g/mol. The molecule has 1 aromatic carbocycles. The lowest BCUT2D eigenvalue weighted by molar-refractivity contribution is -0.151. The molecule has 128 valence electrons. The molecule has 0 spiro atoms. The molecule has 0 amide bonds. The van der Waals surface area contributed by atoms with Crippen molar-refractivity contribution in [3.8, 4) is 6.07 Å². The molecule has 0 bridgehead atoms. The first-order valence-electron chi connectivity index (χ1n) is 7.83. The second kappa shape index (κ2) is 6.60. The molecule has 1 aliphatic rings. The lowest BCUT2D eigenvalue weighted by Gasteiger charge is -2.45. The predicted molar refractivity (Wildman–Crippen MR) is 85.0 cm³/mol. The molecule has 1 heterocycles. The topological polar surface area (TPSA) is 73.1 Å². The molecule has 2 rings (SSSR count). The fourth-order valence-corrected chi connectivity index (χ4v) is 3.49. The quantitative estimate of drug-likeness (QED) is 0.880. The van der Waals surface area contributed by atoms with Gasteiger partial charge in [0, 0.05) is 17.7 Å². The minimum absolute atomic E-state index is 0.235. The molecule has 0 aliphatic carbocycles. The summed E-state index contributed by atoms with van der Waals surface area (Å²) in [6.07, 6.45) is 1.33. The van der Waals surface area contributed by atoms with Gasteiger partial charge in [-0.15, -0.1) is 0 Å². The summed E-state index contributed by atoms with van der Waals surface area (Å²) in [6, 6.07) is 4.93. The third kappa shape index (κ3) is 2.75. The number of carboxylic acid groups (broad SMARTS) is 1. The average Bonchev–Trinajstić information content (AvgIpc) is 2.53. The van der Waals surface area contributed by atoms with E-state index in [4.69, 9.17) is 0 Å². The van der Waals surface area contributed by atoms with Gasteiger partial charge in [0.2, 0.25) is 0 Å². The van der Waals surface area contributed by atoms with Crippen LogP contribution < -0.4 is 5.32 Å². The minimum Gasteiger partial charge on any atom is -0.481 e. The molecule has 2 N–H and O–H groups in total. The van der Waals surface area contributed by atoms with Crippen molar-refractivity contribution in [3.63, 3.8) is 0 Å². The molecule has 6 heteroatoms. The van der Waals surface area contributed by atoms with E-state index >= 15 is 0 Å². The molecule has 24 heavy (non-hydrogen) atoms. The summed E-state index contributed by atoms with van der Waals surface area (Å²) >= 11 is 0. The van der Waals surface area contributed by atoms with E-state index in [1.54, 1.807) is 13.8 Å². The molecule has 3 unspecified atom stereocenters. The highest BCUT2D eigenvalue weighted by Crippen LogP contribution is 2.48. The first-order valence-corrected chi connectivity index (χ1v) is 7.83. The maximum absolute atomic E-state index is 13.7. The number of nitrogens with zero attached hydrogens (tertiary/aromatic N) is 1. The Balaban J connectivity index is 2.72. The summed E-state index contributed by atoms with van der Waals surface area (Å²) in [6.45, 7) is 5.20. The van der Waals surface area contributed by atoms with Crippen molar-refractivity contribution in [2.45, 2.75) is 45.6 Å². The fraction of sp³-hybridized carbons (Fsp3) is 0.444. The summed E-state index contributed by atoms with van der Waals surface area (Å²) in [5.74, 6) is -3.99. The number of benzene rings is 1. The standard InChI is InChI=1S/C18H20F2N2O2/c1-4-5-15-18(3,17(23)24)16(12(9-21)10(2)22-15)11-6-7-13(19)14(20)8-11/h6-8,15-16,22H,4-5H2,1-3H3,(H,23,24). The van der Waals surface area contributed by atoms with Gasteiger partial charge in [-0.1, -0.05) is 19.4 Å². The Hall–Kier alpha value is -2.42. The number of hydrogen-bond acceptors (Lipinski definition) is 3. The van der Waals surface area contributed by atoms with E-state index < -0.39 is 35.0 Å². The number of allylic oxidation sites excluding steroid dienone is 2. The van der Waals surface area contributed by atoms with Crippen molar-refractivity contribution >= 4 is 5.97 Å². The van der Waals surface area contributed by atoms with Gasteiger partial charge in [0.15, 0.2) is 11.6 Å². The van der Waals surface area contributed by atoms with Gasteiger partial charge in [-0.25, -0.2) is 8.78 Å². The summed E-state index contributed by atoms with van der Waals surface area (Å²) < 4.78 is 27.0. The number of rotatable bonds is 4. The Morgan fingerprint density at radius 3 is 2.58 bits per heavy atom. The van der Waals surface area contributed by atoms with Crippen molar-refractivity contribution in [1.82, 2.24) is 5.32 Å². The van der Waals surface area contributed by atoms with Crippen molar-refractivity contribution < 1.29 is 18.7 Å². The van der Waals surface area contributed by atoms with Gasteiger partial charge in [0.25, 0.3) is 0 Å². The maximum Gasteiger partial charge on any atom is 0.312 e. The third-order valence-electron chi connectivity index (χ3n) is 4.84. The Morgan fingerprint density at radius 2 is 2.08 bits per heavy atom. The van der Waals surface area contributed by atoms with E-state index in [-0.39, 0.29) is 11.1 Å². The van der Waals surface area contributed by atoms with Gasteiger partial charge in [0.05, 0.1) is 17.1 Å². The molecule has 4 nitrogen and oxygen atoms in total. The van der Waals surface area contributed by atoms with E-state index in [1.807, 2.05) is 13.0 Å². The summed E-state index contributed by atoms with van der Waals surface area (Å²) in [5, 5.41) is 22.6. The molecule has 0 aromatic heterocycles. The molecule has 0 saturated heterocycles. The van der Waals surface area contributed by atoms with E-state index in [0.29, 0.717) is 12.1 Å². The first kappa shape index (κ1) is 17.9. The van der Waals surface area contributed by atoms with Crippen LogP contribution >= 0.6 is 0 Å². The molecule has 0 saturated carbocycles. The van der Waals surface area contributed by atoms with Gasteiger partial charge < -0.3 is 10.4 Å². The van der Waals surface area contributed by atoms with E-state index in [2.05, 4.69) is 5.32 Å².